The van der Waals surface area contributed by atoms with Gasteiger partial charge in [0, 0.05) is 6.07 Å². The third-order valence-corrected chi connectivity index (χ3v) is 3.18. The molecule has 21 heavy (non-hydrogen) atoms. The molecule has 0 saturated heterocycles. The Balaban J connectivity index is 1.92. The summed E-state index contributed by atoms with van der Waals surface area (Å²) in [5.74, 6) is 0.654. The van der Waals surface area contributed by atoms with E-state index >= 15 is 0 Å². The Morgan fingerprint density at radius 3 is 2.67 bits per heavy atom. The summed E-state index contributed by atoms with van der Waals surface area (Å²) in [5, 5.41) is 7.81. The molecule has 1 aromatic carbocycles. The topological polar surface area (TPSA) is 81.7 Å². The first kappa shape index (κ1) is 13.4. The van der Waals surface area contributed by atoms with Crippen LogP contribution in [0, 0.1) is 6.92 Å². The van der Waals surface area contributed by atoms with Crippen LogP contribution in [0.5, 0.6) is 0 Å². The van der Waals surface area contributed by atoms with Crippen molar-refractivity contribution >= 4 is 29.1 Å². The number of aromatic nitrogens is 4. The Morgan fingerprint density at radius 1 is 1.19 bits per heavy atom. The molecule has 0 radical (unpaired) electrons. The van der Waals surface area contributed by atoms with Gasteiger partial charge in [0.1, 0.15) is 11.0 Å². The molecule has 0 unspecified atom stereocenters. The van der Waals surface area contributed by atoms with Crippen molar-refractivity contribution in [2.45, 2.75) is 6.92 Å². The highest BCUT2D eigenvalue weighted by atomic mass is 35.5. The molecule has 3 rings (SSSR count). The zero-order valence-corrected chi connectivity index (χ0v) is 12.0. The first-order valence-electron chi connectivity index (χ1n) is 6.30. The highest BCUT2D eigenvalue weighted by Crippen LogP contribution is 2.23. The van der Waals surface area contributed by atoms with Crippen LogP contribution in [0.15, 0.2) is 42.6 Å². The molecule has 0 spiro atoms. The molecule has 0 aliphatic rings. The van der Waals surface area contributed by atoms with E-state index in [2.05, 4.69) is 20.4 Å². The fraction of sp³-hybridized carbons (Fsp3) is 0.0714. The molecule has 0 fully saturated rings. The Hall–Kier alpha value is -2.60. The molecule has 0 bridgehead atoms. The van der Waals surface area contributed by atoms with Crippen molar-refractivity contribution in [3.8, 4) is 5.69 Å². The number of nitrogens with one attached hydrogen (secondary N) is 1. The van der Waals surface area contributed by atoms with E-state index < -0.39 is 0 Å². The monoisotopic (exact) mass is 300 g/mol. The van der Waals surface area contributed by atoms with Gasteiger partial charge in [-0.15, -0.1) is 0 Å². The summed E-state index contributed by atoms with van der Waals surface area (Å²) >= 11 is 5.87. The quantitative estimate of drug-likeness (QED) is 0.727. The first-order valence-corrected chi connectivity index (χ1v) is 6.68. The standard InChI is InChI=1S/C14H13ClN6/c1-9-11(18-13-7-12(15)19-14(16)20-13)8-17-21(9)10-5-3-2-4-6-10/h2-8H,1H3,(H3,16,18,19,20). The molecule has 0 amide bonds. The fourth-order valence-corrected chi connectivity index (χ4v) is 2.19. The molecular weight excluding hydrogens is 288 g/mol. The Bertz CT molecular complexity index is 748. The fourth-order valence-electron chi connectivity index (χ4n) is 2.00. The number of rotatable bonds is 3. The van der Waals surface area contributed by atoms with Gasteiger partial charge in [-0.1, -0.05) is 29.8 Å². The average Bonchev–Trinajstić information content (AvgIpc) is 2.80. The molecule has 2 aromatic heterocycles. The third kappa shape index (κ3) is 2.80. The van der Waals surface area contributed by atoms with Crippen LogP contribution in [0.25, 0.3) is 5.69 Å². The van der Waals surface area contributed by atoms with Crippen LogP contribution in [-0.4, -0.2) is 19.7 Å². The van der Waals surface area contributed by atoms with Crippen molar-refractivity contribution in [2.75, 3.05) is 11.1 Å². The van der Waals surface area contributed by atoms with Gasteiger partial charge in [-0.05, 0) is 19.1 Å². The van der Waals surface area contributed by atoms with Gasteiger partial charge >= 0.3 is 0 Å². The highest BCUT2D eigenvalue weighted by Gasteiger charge is 2.09. The van der Waals surface area contributed by atoms with Gasteiger partial charge in [-0.3, -0.25) is 0 Å². The summed E-state index contributed by atoms with van der Waals surface area (Å²) in [4.78, 5) is 7.91. The Morgan fingerprint density at radius 2 is 1.95 bits per heavy atom. The minimum Gasteiger partial charge on any atom is -0.368 e. The maximum Gasteiger partial charge on any atom is 0.223 e. The largest absolute Gasteiger partial charge is 0.368 e. The predicted octanol–water partition coefficient (Wildman–Crippen LogP) is 2.95. The number of nitrogen functional groups attached to an aromatic ring is 1. The molecule has 106 valence electrons. The summed E-state index contributed by atoms with van der Waals surface area (Å²) in [6, 6.07) is 11.5. The van der Waals surface area contributed by atoms with Crippen molar-refractivity contribution < 1.29 is 0 Å². The SMILES string of the molecule is Cc1c(Nc2cc(Cl)nc(N)n2)cnn1-c1ccccc1. The lowest BCUT2D eigenvalue weighted by molar-refractivity contribution is 0.847. The first-order chi connectivity index (χ1) is 10.1. The third-order valence-electron chi connectivity index (χ3n) is 2.99. The smallest absolute Gasteiger partial charge is 0.223 e. The number of nitrogens with two attached hydrogens (primary N) is 1. The molecule has 3 aromatic rings. The van der Waals surface area contributed by atoms with Gasteiger partial charge < -0.3 is 11.1 Å². The second-order valence-corrected chi connectivity index (χ2v) is 4.84. The van der Waals surface area contributed by atoms with E-state index in [4.69, 9.17) is 17.3 Å². The number of para-hydroxylation sites is 1. The molecule has 0 aliphatic carbocycles. The van der Waals surface area contributed by atoms with Gasteiger partial charge in [0.2, 0.25) is 5.95 Å². The van der Waals surface area contributed by atoms with E-state index in [0.717, 1.165) is 17.1 Å². The van der Waals surface area contributed by atoms with Crippen molar-refractivity contribution in [1.29, 1.82) is 0 Å². The van der Waals surface area contributed by atoms with E-state index in [1.165, 1.54) is 0 Å². The average molecular weight is 301 g/mol. The lowest BCUT2D eigenvalue weighted by atomic mass is 10.3. The van der Waals surface area contributed by atoms with Crippen LogP contribution in [0.1, 0.15) is 5.69 Å². The highest BCUT2D eigenvalue weighted by molar-refractivity contribution is 6.29. The van der Waals surface area contributed by atoms with Crippen LogP contribution in [0.3, 0.4) is 0 Å². The molecule has 3 N–H and O–H groups in total. The van der Waals surface area contributed by atoms with E-state index in [-0.39, 0.29) is 11.1 Å². The second kappa shape index (κ2) is 5.41. The molecule has 2 heterocycles. The maximum absolute atomic E-state index is 5.87. The molecule has 7 heteroatoms. The van der Waals surface area contributed by atoms with Crippen LogP contribution in [0.4, 0.5) is 17.5 Å². The second-order valence-electron chi connectivity index (χ2n) is 4.45. The number of halogens is 1. The zero-order chi connectivity index (χ0) is 14.8. The molecule has 0 saturated carbocycles. The number of anilines is 3. The molecule has 6 nitrogen and oxygen atoms in total. The molecule has 0 atom stereocenters. The maximum atomic E-state index is 5.87. The van der Waals surface area contributed by atoms with E-state index in [1.54, 1.807) is 12.3 Å². The lowest BCUT2D eigenvalue weighted by Gasteiger charge is -2.07. The van der Waals surface area contributed by atoms with E-state index in [1.807, 2.05) is 41.9 Å². The normalized spacial score (nSPS) is 10.6. The minimum atomic E-state index is 0.123. The van der Waals surface area contributed by atoms with Crippen molar-refractivity contribution in [1.82, 2.24) is 19.7 Å². The number of hydrogen-bond donors (Lipinski definition) is 2. The van der Waals surface area contributed by atoms with Crippen LogP contribution in [-0.2, 0) is 0 Å². The minimum absolute atomic E-state index is 0.123. The van der Waals surface area contributed by atoms with Crippen LogP contribution >= 0.6 is 11.6 Å². The van der Waals surface area contributed by atoms with Gasteiger partial charge in [-0.25, -0.2) is 9.67 Å². The summed E-state index contributed by atoms with van der Waals surface area (Å²) in [5.41, 5.74) is 8.35. The van der Waals surface area contributed by atoms with Crippen molar-refractivity contribution in [3.05, 3.63) is 53.4 Å². The van der Waals surface area contributed by atoms with Crippen LogP contribution < -0.4 is 11.1 Å². The van der Waals surface area contributed by atoms with Crippen LogP contribution in [0.2, 0.25) is 5.15 Å². The van der Waals surface area contributed by atoms with Crippen molar-refractivity contribution in [2.24, 2.45) is 0 Å². The summed E-state index contributed by atoms with van der Waals surface area (Å²) in [6.07, 6.45) is 1.73. The zero-order valence-electron chi connectivity index (χ0n) is 11.3. The van der Waals surface area contributed by atoms with Gasteiger partial charge in [-0.2, -0.15) is 10.1 Å². The van der Waals surface area contributed by atoms with Gasteiger partial charge in [0.15, 0.2) is 0 Å². The van der Waals surface area contributed by atoms with Gasteiger partial charge in [0.05, 0.1) is 23.3 Å². The predicted molar refractivity (Wildman–Crippen MR) is 83.0 cm³/mol. The van der Waals surface area contributed by atoms with E-state index in [9.17, 15) is 0 Å². The summed E-state index contributed by atoms with van der Waals surface area (Å²) in [7, 11) is 0. The van der Waals surface area contributed by atoms with Gasteiger partial charge in [0.25, 0.3) is 0 Å². The van der Waals surface area contributed by atoms with E-state index in [0.29, 0.717) is 5.82 Å². The summed E-state index contributed by atoms with van der Waals surface area (Å²) in [6.45, 7) is 1.97. The Kier molecular flexibility index (Phi) is 3.45. The number of benzene rings is 1. The number of hydrogen-bond acceptors (Lipinski definition) is 5. The Labute approximate surface area is 126 Å². The molecular formula is C14H13ClN6. The summed E-state index contributed by atoms with van der Waals surface area (Å²) < 4.78 is 1.84. The van der Waals surface area contributed by atoms with Crippen molar-refractivity contribution in [3.63, 3.8) is 0 Å². The number of nitrogens with zero attached hydrogens (tertiary/aromatic N) is 4. The molecule has 0 aliphatic heterocycles. The lowest BCUT2D eigenvalue weighted by Crippen LogP contribution is -2.02.